The van der Waals surface area contributed by atoms with Crippen molar-refractivity contribution in [3.05, 3.63) is 192 Å². The molecule has 0 fully saturated rings. The van der Waals surface area contributed by atoms with E-state index < -0.39 is 162 Å². The highest BCUT2D eigenvalue weighted by Gasteiger charge is 2.52. The van der Waals surface area contributed by atoms with Crippen LogP contribution in [0.4, 0.5) is 87.8 Å². The average molecular weight is 952 g/mol. The van der Waals surface area contributed by atoms with Gasteiger partial charge in [-0.15, -0.1) is 21.9 Å². The minimum Gasteiger partial charge on any atom is -0.392 e. The van der Waals surface area contributed by atoms with Crippen LogP contribution < -0.4 is 26.4 Å². The Bertz CT molecular complexity index is 2540. The molecule has 1 heterocycles. The summed E-state index contributed by atoms with van der Waals surface area (Å²) < 4.78 is 300. The summed E-state index contributed by atoms with van der Waals surface area (Å²) in [6.45, 7) is -0.344. The molecule has 65 heavy (non-hydrogen) atoms. The van der Waals surface area contributed by atoms with E-state index in [0.717, 1.165) is 5.56 Å². The Kier molecular flexibility index (Phi) is 13.9. The van der Waals surface area contributed by atoms with Crippen molar-refractivity contribution < 1.29 is 107 Å². The number of hydrogen-bond acceptors (Lipinski definition) is 4. The first kappa shape index (κ1) is 48.8. The number of aromatic nitrogens is 1. The number of ether oxygens (including phenoxy) is 1. The lowest BCUT2D eigenvalue weighted by Crippen LogP contribution is -2.81. The summed E-state index contributed by atoms with van der Waals surface area (Å²) in [6, 6.07) is 14.6. The van der Waals surface area contributed by atoms with Gasteiger partial charge in [0.1, 0.15) is 52.7 Å². The van der Waals surface area contributed by atoms with Gasteiger partial charge in [0.25, 0.3) is 5.69 Å². The molecule has 6 aromatic rings. The second-order valence-corrected chi connectivity index (χ2v) is 12.9. The number of hydrogen-bond donors (Lipinski definition) is 0. The molecule has 6 rings (SSSR count). The minimum atomic E-state index is -7.22. The van der Waals surface area contributed by atoms with Crippen LogP contribution >= 0.6 is 0 Å². The number of halogens is 20. The van der Waals surface area contributed by atoms with Crippen molar-refractivity contribution >= 4 is 34.0 Å². The van der Waals surface area contributed by atoms with Gasteiger partial charge in [-0.1, -0.05) is 30.3 Å². The maximum Gasteiger partial charge on any atom is 0.408 e. The molecule has 342 valence electrons. The van der Waals surface area contributed by atoms with Gasteiger partial charge in [0.2, 0.25) is 0 Å². The Labute approximate surface area is 346 Å². The summed E-state index contributed by atoms with van der Waals surface area (Å²) in [4.78, 5) is 21.4. The number of esters is 1. The molecule has 27 heteroatoms. The van der Waals surface area contributed by atoms with Gasteiger partial charge >= 0.3 is 12.7 Å². The lowest BCUT2D eigenvalue weighted by molar-refractivity contribution is -0.691. The molecule has 0 bridgehead atoms. The molecule has 0 N–H and O–H groups in total. The molecule has 0 saturated heterocycles. The SMILES string of the molecule is Fc1c(F)c(F)c([B-](c2c(F)c(F)c(F)c(F)c2F)(c2c(F)c(F)c(F)c(F)c2F)c2c(F)c(F)c(F)c(F)c2F)c(F)c1F.O=C(OC[N+](=O)[O-])c1cccc[n+]1Cc1ccccc1. The van der Waals surface area contributed by atoms with Gasteiger partial charge in [0.05, 0.1) is 4.92 Å². The van der Waals surface area contributed by atoms with Crippen LogP contribution in [-0.4, -0.2) is 23.8 Å². The maximum absolute atomic E-state index is 15.4. The van der Waals surface area contributed by atoms with Gasteiger partial charge in [-0.05, 0) is 6.07 Å². The maximum atomic E-state index is 15.4. The van der Waals surface area contributed by atoms with Crippen LogP contribution in [0.2, 0.25) is 0 Å². The van der Waals surface area contributed by atoms with E-state index in [9.17, 15) is 67.6 Å². The van der Waals surface area contributed by atoms with Gasteiger partial charge in [-0.25, -0.2) is 92.6 Å². The predicted molar refractivity (Wildman–Crippen MR) is 179 cm³/mol. The van der Waals surface area contributed by atoms with Gasteiger partial charge in [0.15, 0.2) is 82.5 Å². The second-order valence-electron chi connectivity index (χ2n) is 12.9. The van der Waals surface area contributed by atoms with E-state index >= 15 is 35.1 Å². The van der Waals surface area contributed by atoms with Crippen molar-refractivity contribution in [3.63, 3.8) is 0 Å². The minimum absolute atomic E-state index is 0.276. The van der Waals surface area contributed by atoms with E-state index in [1.54, 1.807) is 29.0 Å². The zero-order chi connectivity index (χ0) is 48.7. The van der Waals surface area contributed by atoms with Crippen LogP contribution in [0.15, 0.2) is 54.7 Å². The largest absolute Gasteiger partial charge is 0.408 e. The third-order valence-electron chi connectivity index (χ3n) is 9.35. The van der Waals surface area contributed by atoms with Crippen LogP contribution in [0.3, 0.4) is 0 Å². The van der Waals surface area contributed by atoms with E-state index in [1.807, 2.05) is 30.3 Å². The van der Waals surface area contributed by atoms with Gasteiger partial charge < -0.3 is 4.74 Å². The first-order valence-corrected chi connectivity index (χ1v) is 16.9. The first-order valence-electron chi connectivity index (χ1n) is 16.9. The second kappa shape index (κ2) is 18.5. The van der Waals surface area contributed by atoms with E-state index in [4.69, 9.17) is 0 Å². The third kappa shape index (κ3) is 8.13. The highest BCUT2D eigenvalue weighted by atomic mass is 19.2. The molecule has 6 nitrogen and oxygen atoms in total. The number of pyridine rings is 1. The van der Waals surface area contributed by atoms with Crippen molar-refractivity contribution in [1.29, 1.82) is 0 Å². The van der Waals surface area contributed by atoms with E-state index in [2.05, 4.69) is 4.74 Å². The molecule has 0 radical (unpaired) electrons. The Morgan fingerprint density at radius 1 is 0.446 bits per heavy atom. The zero-order valence-corrected chi connectivity index (χ0v) is 30.8. The predicted octanol–water partition coefficient (Wildman–Crippen LogP) is 7.26. The molecule has 0 atom stereocenters. The quantitative estimate of drug-likeness (QED) is 0.0176. The Morgan fingerprint density at radius 2 is 0.723 bits per heavy atom. The van der Waals surface area contributed by atoms with Gasteiger partial charge in [0, 0.05) is 17.7 Å². The number of nitro groups is 1. The summed E-state index contributed by atoms with van der Waals surface area (Å²) in [5.74, 6) is -72.1. The number of carbonyl (C=O) groups is 1. The summed E-state index contributed by atoms with van der Waals surface area (Å²) in [6.07, 6.45) is -5.49. The van der Waals surface area contributed by atoms with E-state index in [0.29, 0.717) is 6.54 Å². The molecule has 5 aromatic carbocycles. The highest BCUT2D eigenvalue weighted by Crippen LogP contribution is 2.30. The van der Waals surface area contributed by atoms with Crippen LogP contribution in [-0.2, 0) is 11.3 Å². The molecular weight excluding hydrogens is 939 g/mol. The van der Waals surface area contributed by atoms with Crippen molar-refractivity contribution in [2.45, 2.75) is 6.54 Å². The molecule has 0 spiro atoms. The van der Waals surface area contributed by atoms with Crippen LogP contribution in [0.25, 0.3) is 0 Å². The molecule has 0 aliphatic heterocycles. The molecule has 0 saturated carbocycles. The zero-order valence-electron chi connectivity index (χ0n) is 30.8. The Balaban J connectivity index is 0.000000330. The lowest BCUT2D eigenvalue weighted by Gasteiger charge is -2.44. The summed E-state index contributed by atoms with van der Waals surface area (Å²) in [7, 11) is 0. The fourth-order valence-corrected chi connectivity index (χ4v) is 6.64. The average Bonchev–Trinajstić information content (AvgIpc) is 3.28. The van der Waals surface area contributed by atoms with Crippen molar-refractivity contribution in [2.24, 2.45) is 0 Å². The molecule has 1 aromatic heterocycles. The van der Waals surface area contributed by atoms with Crippen molar-refractivity contribution in [2.75, 3.05) is 6.73 Å². The number of benzene rings is 5. The lowest BCUT2D eigenvalue weighted by atomic mass is 9.12. The summed E-state index contributed by atoms with van der Waals surface area (Å²) in [5.41, 5.74) is -13.0. The molecular formula is C38H13BF20N2O4. The summed E-state index contributed by atoms with van der Waals surface area (Å²) >= 11 is 0. The smallest absolute Gasteiger partial charge is 0.392 e. The normalized spacial score (nSPS) is 11.4. The third-order valence-corrected chi connectivity index (χ3v) is 9.35. The fraction of sp³-hybridized carbons (Fsp3) is 0.0526. The Morgan fingerprint density at radius 3 is 1.02 bits per heavy atom. The monoisotopic (exact) mass is 952 g/mol. The highest BCUT2D eigenvalue weighted by molar-refractivity contribution is 7.20. The van der Waals surface area contributed by atoms with Crippen LogP contribution in [0, 0.1) is 126 Å². The molecule has 0 amide bonds. The molecule has 0 aliphatic rings. The summed E-state index contributed by atoms with van der Waals surface area (Å²) in [5, 5.41) is 10.2. The molecule has 0 aliphatic carbocycles. The van der Waals surface area contributed by atoms with Gasteiger partial charge in [-0.2, -0.15) is 4.57 Å². The molecule has 0 unspecified atom stereocenters. The first-order chi connectivity index (χ1) is 30.4. The van der Waals surface area contributed by atoms with Crippen LogP contribution in [0.1, 0.15) is 16.1 Å². The number of rotatable bonds is 9. The fourth-order valence-electron chi connectivity index (χ4n) is 6.64. The van der Waals surface area contributed by atoms with Gasteiger partial charge in [-0.3, -0.25) is 10.1 Å². The van der Waals surface area contributed by atoms with Crippen molar-refractivity contribution in [3.8, 4) is 0 Å². The Hall–Kier alpha value is -7.22. The van der Waals surface area contributed by atoms with Crippen LogP contribution in [0.5, 0.6) is 0 Å². The van der Waals surface area contributed by atoms with E-state index in [-0.39, 0.29) is 5.69 Å². The van der Waals surface area contributed by atoms with E-state index in [1.165, 1.54) is 0 Å². The number of nitrogens with zero attached hydrogens (tertiary/aromatic N) is 2. The topological polar surface area (TPSA) is 73.3 Å². The standard InChI is InChI=1S/C24BF20.C14H13N2O4/c26-5-1(6(27)14(35)21(42)13(5)34)25(2-7(28)15(36)22(43)16(37)8(2)29,3-9(30)17(38)23(44)18(39)10(3)31)4-11(32)19(40)24(45)20(41)12(4)33;17-14(20-11-16(18)19)13-8-4-5-9-15(13)10-12-6-2-1-3-7-12/h;1-9H,10-11H2/q-1;+1. The van der Waals surface area contributed by atoms with Crippen molar-refractivity contribution in [1.82, 2.24) is 0 Å². The number of carbonyl (C=O) groups excluding carboxylic acids is 1.